The van der Waals surface area contributed by atoms with Crippen LogP contribution < -0.4 is 5.73 Å². The van der Waals surface area contributed by atoms with Crippen LogP contribution in [0.2, 0.25) is 0 Å². The van der Waals surface area contributed by atoms with Gasteiger partial charge in [-0.3, -0.25) is 9.88 Å². The fourth-order valence-electron chi connectivity index (χ4n) is 2.06. The van der Waals surface area contributed by atoms with E-state index in [0.29, 0.717) is 6.04 Å². The van der Waals surface area contributed by atoms with E-state index in [1.54, 1.807) is 0 Å². The number of nitrogens with zero attached hydrogens (tertiary/aromatic N) is 2. The Kier molecular flexibility index (Phi) is 5.15. The lowest BCUT2D eigenvalue weighted by Crippen LogP contribution is -2.30. The van der Waals surface area contributed by atoms with Crippen LogP contribution in [-0.4, -0.2) is 15.9 Å². The molecule has 0 fully saturated rings. The molecule has 1 aromatic heterocycles. The molecule has 2 N–H and O–H groups in total. The lowest BCUT2D eigenvalue weighted by atomic mass is 10.1. The Morgan fingerprint density at radius 3 is 2.60 bits per heavy atom. The van der Waals surface area contributed by atoms with Gasteiger partial charge in [0.15, 0.2) is 0 Å². The van der Waals surface area contributed by atoms with Crippen molar-refractivity contribution >= 4 is 21.6 Å². The molecule has 2 aromatic rings. The molecule has 0 saturated carbocycles. The molecule has 0 spiro atoms. The lowest BCUT2D eigenvalue weighted by Gasteiger charge is -2.26. The van der Waals surface area contributed by atoms with E-state index in [4.69, 9.17) is 5.73 Å². The lowest BCUT2D eigenvalue weighted by molar-refractivity contribution is 0.201. The Hall–Kier alpha value is -1.39. The molecule has 20 heavy (non-hydrogen) atoms. The average Bonchev–Trinajstić information content (AvgIpc) is 2.40. The summed E-state index contributed by atoms with van der Waals surface area (Å²) in [5, 5.41) is 0. The van der Waals surface area contributed by atoms with Gasteiger partial charge in [-0.25, -0.2) is 0 Å². The summed E-state index contributed by atoms with van der Waals surface area (Å²) in [6, 6.07) is 12.6. The second kappa shape index (κ2) is 6.86. The monoisotopic (exact) mass is 333 g/mol. The maximum Gasteiger partial charge on any atom is 0.0545 e. The van der Waals surface area contributed by atoms with E-state index in [2.05, 4.69) is 51.8 Å². The number of nitrogen functional groups attached to an aromatic ring is 1. The SMILES string of the molecule is CC(C)N(Cc1cccc(N)c1)Cc1ccc(Br)cn1. The third-order valence-corrected chi connectivity index (χ3v) is 3.69. The quantitative estimate of drug-likeness (QED) is 0.845. The molecular weight excluding hydrogens is 314 g/mol. The molecule has 0 unspecified atom stereocenters. The number of aromatic nitrogens is 1. The highest BCUT2D eigenvalue weighted by Gasteiger charge is 2.11. The standard InChI is InChI=1S/C16H20BrN3/c1-12(2)20(10-13-4-3-5-15(18)8-13)11-16-7-6-14(17)9-19-16/h3-9,12H,10-11,18H2,1-2H3. The van der Waals surface area contributed by atoms with Crippen LogP contribution in [-0.2, 0) is 13.1 Å². The van der Waals surface area contributed by atoms with Crippen molar-refractivity contribution < 1.29 is 0 Å². The van der Waals surface area contributed by atoms with Gasteiger partial charge in [0.2, 0.25) is 0 Å². The highest BCUT2D eigenvalue weighted by atomic mass is 79.9. The Morgan fingerprint density at radius 2 is 2.00 bits per heavy atom. The Bertz CT molecular complexity index is 552. The van der Waals surface area contributed by atoms with Crippen molar-refractivity contribution in [2.75, 3.05) is 5.73 Å². The largest absolute Gasteiger partial charge is 0.399 e. The van der Waals surface area contributed by atoms with Crippen LogP contribution in [0.15, 0.2) is 47.1 Å². The van der Waals surface area contributed by atoms with Crippen LogP contribution in [0.1, 0.15) is 25.1 Å². The van der Waals surface area contributed by atoms with Gasteiger partial charge in [0, 0.05) is 35.5 Å². The molecule has 4 heteroatoms. The fourth-order valence-corrected chi connectivity index (χ4v) is 2.29. The van der Waals surface area contributed by atoms with Gasteiger partial charge < -0.3 is 5.73 Å². The summed E-state index contributed by atoms with van der Waals surface area (Å²) in [7, 11) is 0. The van der Waals surface area contributed by atoms with Gasteiger partial charge in [-0.15, -0.1) is 0 Å². The summed E-state index contributed by atoms with van der Waals surface area (Å²) < 4.78 is 1.01. The summed E-state index contributed by atoms with van der Waals surface area (Å²) in [6.07, 6.45) is 1.84. The second-order valence-electron chi connectivity index (χ2n) is 5.21. The molecule has 0 saturated heterocycles. The van der Waals surface area contributed by atoms with E-state index in [-0.39, 0.29) is 0 Å². The molecule has 3 nitrogen and oxygen atoms in total. The molecule has 0 aliphatic heterocycles. The normalized spacial score (nSPS) is 11.2. The zero-order valence-corrected chi connectivity index (χ0v) is 13.5. The second-order valence-corrected chi connectivity index (χ2v) is 6.13. The number of nitrogens with two attached hydrogens (primary N) is 1. The summed E-state index contributed by atoms with van der Waals surface area (Å²) >= 11 is 3.41. The zero-order chi connectivity index (χ0) is 14.5. The molecule has 0 aliphatic rings. The molecule has 0 radical (unpaired) electrons. The number of benzene rings is 1. The fraction of sp³-hybridized carbons (Fsp3) is 0.312. The number of hydrogen-bond acceptors (Lipinski definition) is 3. The van der Waals surface area contributed by atoms with Crippen LogP contribution in [0.4, 0.5) is 5.69 Å². The molecule has 0 amide bonds. The van der Waals surface area contributed by atoms with E-state index < -0.39 is 0 Å². The molecule has 2 rings (SSSR count). The van der Waals surface area contributed by atoms with Crippen molar-refractivity contribution in [2.24, 2.45) is 0 Å². The molecule has 0 bridgehead atoms. The van der Waals surface area contributed by atoms with Crippen LogP contribution in [0.3, 0.4) is 0 Å². The maximum atomic E-state index is 5.84. The van der Waals surface area contributed by atoms with Gasteiger partial charge in [0.05, 0.1) is 5.69 Å². The number of anilines is 1. The first kappa shape index (κ1) is 15.0. The number of rotatable bonds is 5. The van der Waals surface area contributed by atoms with Crippen molar-refractivity contribution in [3.8, 4) is 0 Å². The van der Waals surface area contributed by atoms with Gasteiger partial charge in [-0.2, -0.15) is 0 Å². The van der Waals surface area contributed by atoms with E-state index >= 15 is 0 Å². The third-order valence-electron chi connectivity index (χ3n) is 3.22. The predicted molar refractivity (Wildman–Crippen MR) is 87.2 cm³/mol. The predicted octanol–water partition coefficient (Wildman–Crippen LogP) is 3.84. The Balaban J connectivity index is 2.09. The highest BCUT2D eigenvalue weighted by Crippen LogP contribution is 2.15. The average molecular weight is 334 g/mol. The molecule has 0 aliphatic carbocycles. The van der Waals surface area contributed by atoms with Crippen molar-refractivity contribution in [1.82, 2.24) is 9.88 Å². The smallest absolute Gasteiger partial charge is 0.0545 e. The van der Waals surface area contributed by atoms with E-state index in [1.807, 2.05) is 30.5 Å². The van der Waals surface area contributed by atoms with Crippen molar-refractivity contribution in [2.45, 2.75) is 33.0 Å². The minimum Gasteiger partial charge on any atom is -0.399 e. The van der Waals surface area contributed by atoms with Gasteiger partial charge in [0.1, 0.15) is 0 Å². The summed E-state index contributed by atoms with van der Waals surface area (Å²) in [4.78, 5) is 6.83. The molecule has 1 heterocycles. The number of pyridine rings is 1. The van der Waals surface area contributed by atoms with Crippen molar-refractivity contribution in [3.05, 3.63) is 58.3 Å². The number of hydrogen-bond donors (Lipinski definition) is 1. The van der Waals surface area contributed by atoms with E-state index in [1.165, 1.54) is 5.56 Å². The summed E-state index contributed by atoms with van der Waals surface area (Å²) in [5.74, 6) is 0. The first-order chi connectivity index (χ1) is 9.54. The third kappa shape index (κ3) is 4.32. The summed E-state index contributed by atoms with van der Waals surface area (Å²) in [6.45, 7) is 6.11. The highest BCUT2D eigenvalue weighted by molar-refractivity contribution is 9.10. The van der Waals surface area contributed by atoms with Crippen LogP contribution >= 0.6 is 15.9 Å². The van der Waals surface area contributed by atoms with Gasteiger partial charge in [-0.1, -0.05) is 12.1 Å². The van der Waals surface area contributed by atoms with E-state index in [9.17, 15) is 0 Å². The molecule has 0 atom stereocenters. The van der Waals surface area contributed by atoms with Crippen LogP contribution in [0.5, 0.6) is 0 Å². The Morgan fingerprint density at radius 1 is 1.20 bits per heavy atom. The number of halogens is 1. The van der Waals surface area contributed by atoms with Gasteiger partial charge >= 0.3 is 0 Å². The first-order valence-electron chi connectivity index (χ1n) is 6.73. The van der Waals surface area contributed by atoms with Crippen LogP contribution in [0.25, 0.3) is 0 Å². The first-order valence-corrected chi connectivity index (χ1v) is 7.53. The minimum absolute atomic E-state index is 0.446. The molecule has 1 aromatic carbocycles. The van der Waals surface area contributed by atoms with Gasteiger partial charge in [-0.05, 0) is 59.6 Å². The Labute approximate surface area is 129 Å². The van der Waals surface area contributed by atoms with Gasteiger partial charge in [0.25, 0.3) is 0 Å². The minimum atomic E-state index is 0.446. The topological polar surface area (TPSA) is 42.1 Å². The van der Waals surface area contributed by atoms with Crippen molar-refractivity contribution in [3.63, 3.8) is 0 Å². The molecular formula is C16H20BrN3. The van der Waals surface area contributed by atoms with Crippen molar-refractivity contribution in [1.29, 1.82) is 0 Å². The van der Waals surface area contributed by atoms with Crippen LogP contribution in [0, 0.1) is 0 Å². The molecule has 106 valence electrons. The van der Waals surface area contributed by atoms with E-state index in [0.717, 1.165) is 28.9 Å². The maximum absolute atomic E-state index is 5.84. The zero-order valence-electron chi connectivity index (χ0n) is 11.9. The summed E-state index contributed by atoms with van der Waals surface area (Å²) in [5.41, 5.74) is 8.96.